The number of hydrogen-bond acceptors (Lipinski definition) is 3. The van der Waals surface area contributed by atoms with Crippen molar-refractivity contribution in [3.05, 3.63) is 57.8 Å². The van der Waals surface area contributed by atoms with E-state index in [1.54, 1.807) is 11.3 Å². The lowest BCUT2D eigenvalue weighted by atomic mass is 9.95. The van der Waals surface area contributed by atoms with E-state index in [4.69, 9.17) is 0 Å². The summed E-state index contributed by atoms with van der Waals surface area (Å²) in [7, 11) is 0. The number of carbonyl (C=O) groups excluding carboxylic acids is 1. The largest absolute Gasteiger partial charge is 0.333 e. The summed E-state index contributed by atoms with van der Waals surface area (Å²) >= 11 is 1.71. The Hall–Kier alpha value is -2.16. The molecule has 3 rings (SSSR count). The maximum absolute atomic E-state index is 12.6. The topological polar surface area (TPSA) is 69.5 Å². The molecule has 28 heavy (non-hydrogen) atoms. The lowest BCUT2D eigenvalue weighted by Crippen LogP contribution is -2.88. The molecule has 1 heterocycles. The number of thiophene rings is 1. The zero-order valence-electron chi connectivity index (χ0n) is 16.8. The Balaban J connectivity index is 1.69. The molecule has 148 valence electrons. The first-order valence-electron chi connectivity index (χ1n) is 10.3. The van der Waals surface area contributed by atoms with Gasteiger partial charge in [-0.05, 0) is 55.0 Å². The number of nitrogens with zero attached hydrogens (tertiary/aromatic N) is 1. The van der Waals surface area contributed by atoms with Crippen LogP contribution in [0.15, 0.2) is 41.8 Å². The number of quaternary nitrogens is 1. The number of nitrogens with one attached hydrogen (secondary N) is 1. The molecule has 2 aromatic rings. The van der Waals surface area contributed by atoms with Crippen LogP contribution in [-0.2, 0) is 4.79 Å². The fourth-order valence-corrected chi connectivity index (χ4v) is 4.79. The highest BCUT2D eigenvalue weighted by Gasteiger charge is 2.35. The van der Waals surface area contributed by atoms with E-state index in [0.29, 0.717) is 12.5 Å². The summed E-state index contributed by atoms with van der Waals surface area (Å²) < 4.78 is 0. The van der Waals surface area contributed by atoms with E-state index < -0.39 is 5.54 Å². The molecular formula is C23H30N3OS+. The minimum atomic E-state index is -0.651. The van der Waals surface area contributed by atoms with Gasteiger partial charge in [0.05, 0.1) is 10.9 Å². The van der Waals surface area contributed by atoms with Crippen molar-refractivity contribution in [3.8, 4) is 6.07 Å². The van der Waals surface area contributed by atoms with Crippen LogP contribution < -0.4 is 10.6 Å². The van der Waals surface area contributed by atoms with Crippen molar-refractivity contribution in [3.63, 3.8) is 0 Å². The Morgan fingerprint density at radius 1 is 1.25 bits per heavy atom. The summed E-state index contributed by atoms with van der Waals surface area (Å²) in [4.78, 5) is 13.8. The van der Waals surface area contributed by atoms with Crippen LogP contribution in [-0.4, -0.2) is 18.0 Å². The van der Waals surface area contributed by atoms with E-state index in [1.165, 1.54) is 16.0 Å². The fourth-order valence-electron chi connectivity index (χ4n) is 3.94. The fraction of sp³-hybridized carbons (Fsp3) is 0.478. The zero-order chi connectivity index (χ0) is 20.0. The van der Waals surface area contributed by atoms with E-state index >= 15 is 0 Å². The summed E-state index contributed by atoms with van der Waals surface area (Å²) in [5, 5.41) is 16.6. The molecule has 0 unspecified atom stereocenters. The Morgan fingerprint density at radius 2 is 1.93 bits per heavy atom. The van der Waals surface area contributed by atoms with Crippen LogP contribution in [0, 0.1) is 11.3 Å². The number of rotatable bonds is 8. The Morgan fingerprint density at radius 3 is 2.50 bits per heavy atom. The molecule has 1 aliphatic carbocycles. The van der Waals surface area contributed by atoms with Gasteiger partial charge in [0.15, 0.2) is 6.54 Å². The van der Waals surface area contributed by atoms with Crippen molar-refractivity contribution in [2.24, 2.45) is 0 Å². The summed E-state index contributed by atoms with van der Waals surface area (Å²) in [5.74, 6) is 0.499. The number of amides is 1. The molecule has 1 fully saturated rings. The van der Waals surface area contributed by atoms with Gasteiger partial charge >= 0.3 is 0 Å². The van der Waals surface area contributed by atoms with Gasteiger partial charge in [-0.3, -0.25) is 4.79 Å². The van der Waals surface area contributed by atoms with Crippen molar-refractivity contribution in [2.45, 2.75) is 63.5 Å². The summed E-state index contributed by atoms with van der Waals surface area (Å²) in [6.07, 6.45) is 4.68. The molecule has 3 N–H and O–H groups in total. The Bertz CT molecular complexity index is 801. The predicted octanol–water partition coefficient (Wildman–Crippen LogP) is 3.87. The average molecular weight is 397 g/mol. The maximum atomic E-state index is 12.6. The molecule has 1 aliphatic rings. The number of hydrogen-bond donors (Lipinski definition) is 2. The Kier molecular flexibility index (Phi) is 6.88. The number of carbonyl (C=O) groups is 1. The lowest BCUT2D eigenvalue weighted by Gasteiger charge is -2.22. The normalized spacial score (nSPS) is 17.6. The first-order valence-corrected chi connectivity index (χ1v) is 11.1. The number of nitrogens with two attached hydrogens (primary N) is 1. The van der Waals surface area contributed by atoms with Gasteiger partial charge in [-0.2, -0.15) is 5.26 Å². The molecule has 0 bridgehead atoms. The molecular weight excluding hydrogens is 366 g/mol. The molecule has 1 amide bonds. The van der Waals surface area contributed by atoms with Gasteiger partial charge in [0, 0.05) is 5.56 Å². The first kappa shape index (κ1) is 20.6. The van der Waals surface area contributed by atoms with E-state index in [0.717, 1.165) is 32.1 Å². The van der Waals surface area contributed by atoms with E-state index in [9.17, 15) is 10.1 Å². The average Bonchev–Trinajstić information content (AvgIpc) is 3.41. The van der Waals surface area contributed by atoms with Gasteiger partial charge in [-0.25, -0.2) is 0 Å². The van der Waals surface area contributed by atoms with Gasteiger partial charge in [-0.1, -0.05) is 44.2 Å². The second-order valence-electron chi connectivity index (χ2n) is 7.86. The van der Waals surface area contributed by atoms with Crippen LogP contribution in [0.4, 0.5) is 0 Å². The van der Waals surface area contributed by atoms with Crippen LogP contribution >= 0.6 is 11.3 Å². The highest BCUT2D eigenvalue weighted by atomic mass is 32.1. The molecule has 2 atom stereocenters. The predicted molar refractivity (Wildman–Crippen MR) is 113 cm³/mol. The van der Waals surface area contributed by atoms with Gasteiger partial charge < -0.3 is 10.6 Å². The van der Waals surface area contributed by atoms with E-state index in [-0.39, 0.29) is 11.9 Å². The third-order valence-corrected chi connectivity index (χ3v) is 6.87. The first-order chi connectivity index (χ1) is 13.6. The molecule has 0 saturated heterocycles. The lowest BCUT2D eigenvalue weighted by molar-refractivity contribution is -0.676. The zero-order valence-corrected chi connectivity index (χ0v) is 17.6. The van der Waals surface area contributed by atoms with Crippen molar-refractivity contribution in [1.82, 2.24) is 5.32 Å². The van der Waals surface area contributed by atoms with E-state index in [1.807, 2.05) is 0 Å². The summed E-state index contributed by atoms with van der Waals surface area (Å²) in [6, 6.07) is 15.4. The molecule has 5 heteroatoms. The maximum Gasteiger partial charge on any atom is 0.276 e. The highest BCUT2D eigenvalue weighted by Crippen LogP contribution is 2.29. The third kappa shape index (κ3) is 4.81. The van der Waals surface area contributed by atoms with Gasteiger partial charge in [0.1, 0.15) is 11.6 Å². The van der Waals surface area contributed by atoms with Crippen molar-refractivity contribution in [1.29, 1.82) is 5.26 Å². The van der Waals surface area contributed by atoms with Crippen molar-refractivity contribution in [2.75, 3.05) is 6.54 Å². The molecule has 0 radical (unpaired) electrons. The standard InChI is InChI=1S/C23H29N3OS/c1-3-17(2)18-8-10-19(11-9-18)22(20-7-6-14-28-20)25-15-21(27)26-23(16-24)12-4-5-13-23/h6-11,14,17,22,25H,3-5,12-13,15H2,1-2H3,(H,26,27)/p+1/t17-,22-/m1/s1. The van der Waals surface area contributed by atoms with Gasteiger partial charge in [0.25, 0.3) is 5.91 Å². The summed E-state index contributed by atoms with van der Waals surface area (Å²) in [5.41, 5.74) is 1.91. The minimum absolute atomic E-state index is 0.0544. The summed E-state index contributed by atoms with van der Waals surface area (Å²) in [6.45, 7) is 4.77. The van der Waals surface area contributed by atoms with E-state index in [2.05, 4.69) is 72.3 Å². The quantitative estimate of drug-likeness (QED) is 0.711. The molecule has 0 spiro atoms. The number of nitriles is 1. The Labute approximate surface area is 172 Å². The second-order valence-corrected chi connectivity index (χ2v) is 8.84. The van der Waals surface area contributed by atoms with Crippen LogP contribution in [0.1, 0.15) is 73.9 Å². The number of benzene rings is 1. The van der Waals surface area contributed by atoms with Crippen LogP contribution in [0.25, 0.3) is 0 Å². The minimum Gasteiger partial charge on any atom is -0.333 e. The van der Waals surface area contributed by atoms with Crippen LogP contribution in [0.2, 0.25) is 0 Å². The highest BCUT2D eigenvalue weighted by molar-refractivity contribution is 7.10. The van der Waals surface area contributed by atoms with Crippen LogP contribution in [0.3, 0.4) is 0 Å². The molecule has 4 nitrogen and oxygen atoms in total. The monoisotopic (exact) mass is 396 g/mol. The van der Waals surface area contributed by atoms with Gasteiger partial charge in [0.2, 0.25) is 0 Å². The van der Waals surface area contributed by atoms with Gasteiger partial charge in [-0.15, -0.1) is 11.3 Å². The molecule has 1 saturated carbocycles. The third-order valence-electron chi connectivity index (χ3n) is 5.92. The SMILES string of the molecule is CC[C@@H](C)c1ccc([C@@H]([NH2+]CC(=O)NC2(C#N)CCCC2)c2cccs2)cc1. The second kappa shape index (κ2) is 9.36. The van der Waals surface area contributed by atoms with Crippen molar-refractivity contribution >= 4 is 17.2 Å². The molecule has 1 aromatic heterocycles. The smallest absolute Gasteiger partial charge is 0.276 e. The van der Waals surface area contributed by atoms with Crippen LogP contribution in [0.5, 0.6) is 0 Å². The molecule has 0 aliphatic heterocycles. The molecule has 1 aromatic carbocycles. The van der Waals surface area contributed by atoms with Crippen molar-refractivity contribution < 1.29 is 10.1 Å².